The molecule has 0 spiro atoms. The van der Waals surface area contributed by atoms with Crippen molar-refractivity contribution in [2.24, 2.45) is 5.10 Å². The minimum atomic E-state index is 0.0799. The van der Waals surface area contributed by atoms with E-state index in [9.17, 15) is 5.11 Å². The molecule has 24 heavy (non-hydrogen) atoms. The van der Waals surface area contributed by atoms with E-state index in [1.807, 2.05) is 18.2 Å². The summed E-state index contributed by atoms with van der Waals surface area (Å²) < 4.78 is 3.12. The summed E-state index contributed by atoms with van der Waals surface area (Å²) in [6, 6.07) is 10.8. The fourth-order valence-corrected chi connectivity index (χ4v) is 3.68. The minimum absolute atomic E-state index is 0.0799. The summed E-state index contributed by atoms with van der Waals surface area (Å²) in [6.45, 7) is 0. The van der Waals surface area contributed by atoms with Gasteiger partial charge in [0.15, 0.2) is 5.82 Å². The smallest absolute Gasteiger partial charge is 0.216 e. The Labute approximate surface area is 164 Å². The molecule has 2 aromatic carbocycles. The number of phenols is 1. The van der Waals surface area contributed by atoms with Crippen LogP contribution in [0.4, 0.5) is 0 Å². The molecule has 0 radical (unpaired) electrons. The highest BCUT2D eigenvalue weighted by molar-refractivity contribution is 9.11. The molecule has 0 atom stereocenters. The number of hydrogen-bond donors (Lipinski definition) is 2. The molecule has 122 valence electrons. The maximum Gasteiger partial charge on any atom is 0.216 e. The second-order valence-electron chi connectivity index (χ2n) is 4.71. The zero-order valence-electron chi connectivity index (χ0n) is 11.9. The Kier molecular flexibility index (Phi) is 5.19. The summed E-state index contributed by atoms with van der Waals surface area (Å²) in [5.74, 6) is 0.562. The normalized spacial score (nSPS) is 11.3. The van der Waals surface area contributed by atoms with Gasteiger partial charge in [-0.05, 0) is 52.4 Å². The van der Waals surface area contributed by atoms with Crippen LogP contribution in [0, 0.1) is 4.77 Å². The molecule has 5 nitrogen and oxygen atoms in total. The number of phenolic OH excluding ortho intramolecular Hbond substituents is 1. The van der Waals surface area contributed by atoms with Crippen LogP contribution in [0.5, 0.6) is 5.75 Å². The van der Waals surface area contributed by atoms with Gasteiger partial charge in [0.05, 0.1) is 15.7 Å². The average molecular weight is 489 g/mol. The van der Waals surface area contributed by atoms with Gasteiger partial charge in [0, 0.05) is 15.6 Å². The topological polar surface area (TPSA) is 66.2 Å². The fraction of sp³-hybridized carbons (Fsp3) is 0. The van der Waals surface area contributed by atoms with Crippen LogP contribution in [-0.4, -0.2) is 26.2 Å². The van der Waals surface area contributed by atoms with Crippen LogP contribution in [-0.2, 0) is 0 Å². The molecule has 1 aromatic heterocycles. The zero-order valence-corrected chi connectivity index (χ0v) is 16.6. The lowest BCUT2D eigenvalue weighted by molar-refractivity contribution is 0.471. The number of aromatic amines is 1. The summed E-state index contributed by atoms with van der Waals surface area (Å²) in [7, 11) is 0. The molecule has 3 aromatic rings. The number of hydrogen-bond acceptors (Lipinski definition) is 4. The molecule has 0 aliphatic rings. The predicted molar refractivity (Wildman–Crippen MR) is 104 cm³/mol. The molecule has 0 saturated carbocycles. The molecular weight excluding hydrogens is 480 g/mol. The third-order valence-electron chi connectivity index (χ3n) is 3.14. The molecule has 0 unspecified atom stereocenters. The minimum Gasteiger partial charge on any atom is -0.506 e. The van der Waals surface area contributed by atoms with Crippen molar-refractivity contribution in [3.8, 4) is 17.1 Å². The van der Waals surface area contributed by atoms with Gasteiger partial charge in [-0.2, -0.15) is 14.9 Å². The Hall–Kier alpha value is -1.48. The summed E-state index contributed by atoms with van der Waals surface area (Å²) in [4.78, 5) is 0. The largest absolute Gasteiger partial charge is 0.506 e. The lowest BCUT2D eigenvalue weighted by Gasteiger charge is -2.05. The molecule has 0 aliphatic carbocycles. The molecule has 3 rings (SSSR count). The Morgan fingerprint density at radius 2 is 2.04 bits per heavy atom. The van der Waals surface area contributed by atoms with Crippen LogP contribution in [0.1, 0.15) is 5.56 Å². The molecule has 1 heterocycles. The SMILES string of the molecule is Oc1c(Br)cc(Br)cc1/C=N\n1c(-c2ccccc2Cl)n[nH]c1=S. The highest BCUT2D eigenvalue weighted by atomic mass is 79.9. The summed E-state index contributed by atoms with van der Waals surface area (Å²) in [5.41, 5.74) is 1.22. The lowest BCUT2D eigenvalue weighted by atomic mass is 10.2. The maximum absolute atomic E-state index is 10.1. The van der Waals surface area contributed by atoms with Gasteiger partial charge in [0.25, 0.3) is 0 Å². The first kappa shape index (κ1) is 17.3. The summed E-state index contributed by atoms with van der Waals surface area (Å²) in [6.07, 6.45) is 1.50. The van der Waals surface area contributed by atoms with Crippen molar-refractivity contribution in [1.82, 2.24) is 14.9 Å². The highest BCUT2D eigenvalue weighted by Crippen LogP contribution is 2.31. The van der Waals surface area contributed by atoms with E-state index >= 15 is 0 Å². The molecule has 0 saturated heterocycles. The van der Waals surface area contributed by atoms with Gasteiger partial charge in [-0.3, -0.25) is 0 Å². The number of rotatable bonds is 3. The zero-order chi connectivity index (χ0) is 17.3. The van der Waals surface area contributed by atoms with Gasteiger partial charge in [-0.25, -0.2) is 5.10 Å². The summed E-state index contributed by atoms with van der Waals surface area (Å²) in [5, 5.41) is 21.9. The van der Waals surface area contributed by atoms with Gasteiger partial charge in [0.1, 0.15) is 5.75 Å². The van der Waals surface area contributed by atoms with Crippen LogP contribution in [0.3, 0.4) is 0 Å². The second kappa shape index (κ2) is 7.18. The first-order valence-corrected chi connectivity index (χ1v) is 8.99. The van der Waals surface area contributed by atoms with E-state index in [2.05, 4.69) is 47.2 Å². The average Bonchev–Trinajstić information content (AvgIpc) is 2.90. The van der Waals surface area contributed by atoms with Crippen LogP contribution < -0.4 is 0 Å². The molecule has 9 heteroatoms. The maximum atomic E-state index is 10.1. The Balaban J connectivity index is 2.08. The Morgan fingerprint density at radius 3 is 2.79 bits per heavy atom. The standard InChI is InChI=1S/C15H9Br2ClN4OS/c16-9-5-8(13(23)11(17)6-9)7-19-22-14(20-21-15(22)24)10-3-1-2-4-12(10)18/h1-7,23H,(H,21,24)/b19-7-. The number of benzene rings is 2. The van der Waals surface area contributed by atoms with Crippen molar-refractivity contribution in [2.45, 2.75) is 0 Å². The predicted octanol–water partition coefficient (Wildman–Crippen LogP) is 5.37. The fourth-order valence-electron chi connectivity index (χ4n) is 2.02. The van der Waals surface area contributed by atoms with Gasteiger partial charge in [-0.15, -0.1) is 0 Å². The van der Waals surface area contributed by atoms with Crippen molar-refractivity contribution in [3.63, 3.8) is 0 Å². The van der Waals surface area contributed by atoms with E-state index in [-0.39, 0.29) is 5.75 Å². The molecule has 0 fully saturated rings. The van der Waals surface area contributed by atoms with Crippen molar-refractivity contribution in [1.29, 1.82) is 0 Å². The van der Waals surface area contributed by atoms with E-state index in [1.54, 1.807) is 18.2 Å². The van der Waals surface area contributed by atoms with Crippen molar-refractivity contribution in [3.05, 3.63) is 60.7 Å². The van der Waals surface area contributed by atoms with Crippen molar-refractivity contribution >= 4 is 61.9 Å². The Morgan fingerprint density at radius 1 is 1.29 bits per heavy atom. The number of aromatic nitrogens is 3. The van der Waals surface area contributed by atoms with E-state index < -0.39 is 0 Å². The van der Waals surface area contributed by atoms with Gasteiger partial charge < -0.3 is 5.11 Å². The molecule has 0 aliphatic heterocycles. The van der Waals surface area contributed by atoms with Gasteiger partial charge in [0.2, 0.25) is 4.77 Å². The van der Waals surface area contributed by atoms with Crippen molar-refractivity contribution < 1.29 is 5.11 Å². The molecule has 2 N–H and O–H groups in total. The number of halogens is 3. The molecule has 0 bridgehead atoms. The van der Waals surface area contributed by atoms with Crippen molar-refractivity contribution in [2.75, 3.05) is 0 Å². The lowest BCUT2D eigenvalue weighted by Crippen LogP contribution is -1.96. The Bertz CT molecular complexity index is 999. The third kappa shape index (κ3) is 3.46. The quantitative estimate of drug-likeness (QED) is 0.385. The molecule has 0 amide bonds. The van der Waals surface area contributed by atoms with E-state index in [1.165, 1.54) is 10.9 Å². The number of nitrogens with zero attached hydrogens (tertiary/aromatic N) is 3. The van der Waals surface area contributed by atoms with E-state index in [0.29, 0.717) is 31.2 Å². The first-order chi connectivity index (χ1) is 11.5. The highest BCUT2D eigenvalue weighted by Gasteiger charge is 2.12. The van der Waals surface area contributed by atoms with E-state index in [4.69, 9.17) is 23.8 Å². The molecular formula is C15H9Br2ClN4OS. The number of aromatic hydroxyl groups is 1. The number of H-pyrrole nitrogens is 1. The van der Waals surface area contributed by atoms with Crippen LogP contribution in [0.25, 0.3) is 11.4 Å². The monoisotopic (exact) mass is 486 g/mol. The third-order valence-corrected chi connectivity index (χ3v) is 4.79. The van der Waals surface area contributed by atoms with Crippen LogP contribution in [0.15, 0.2) is 50.4 Å². The number of nitrogens with one attached hydrogen (secondary N) is 1. The van der Waals surface area contributed by atoms with Gasteiger partial charge >= 0.3 is 0 Å². The first-order valence-electron chi connectivity index (χ1n) is 6.62. The van der Waals surface area contributed by atoms with E-state index in [0.717, 1.165) is 4.47 Å². The summed E-state index contributed by atoms with van der Waals surface area (Å²) >= 11 is 18.1. The van der Waals surface area contributed by atoms with Gasteiger partial charge in [-0.1, -0.05) is 39.7 Å². The van der Waals surface area contributed by atoms with Crippen LogP contribution >= 0.6 is 55.7 Å². The van der Waals surface area contributed by atoms with Crippen LogP contribution in [0.2, 0.25) is 5.02 Å². The second-order valence-corrected chi connectivity index (χ2v) is 7.28.